The number of halogens is 4. The minimum absolute atomic E-state index is 0.555. The predicted molar refractivity (Wildman–Crippen MR) is 60.4 cm³/mol. The van der Waals surface area contributed by atoms with Crippen molar-refractivity contribution < 1.29 is 12.9 Å². The molecule has 0 spiro atoms. The molecule has 2 aromatic carbocycles. The fourth-order valence-corrected chi connectivity index (χ4v) is 1.82. The Morgan fingerprint density at radius 3 is 2.20 bits per heavy atom. The van der Waals surface area contributed by atoms with Gasteiger partial charge in [0.15, 0.2) is 0 Å². The molecule has 2 rings (SSSR count). The smallest absolute Gasteiger partial charge is 0.445 e. The second-order valence-corrected chi connectivity index (χ2v) is 4.24. The van der Waals surface area contributed by atoms with Crippen molar-refractivity contribution in [3.8, 4) is 0 Å². The van der Waals surface area contributed by atoms with Crippen LogP contribution in [0.3, 0.4) is 0 Å². The van der Waals surface area contributed by atoms with Crippen LogP contribution in [-0.2, 0) is 0 Å². The lowest BCUT2D eigenvalue weighted by molar-refractivity contribution is 0.501. The first-order valence-corrected chi connectivity index (χ1v) is 5.15. The standard InChI is InChI=1S/C10H6BBrF3/c12-10-4-2-7-1-3-9(11(13,14)15)5-8(7)6-10/h1-6H/q-1. The fourth-order valence-electron chi connectivity index (χ4n) is 1.44. The highest BCUT2D eigenvalue weighted by Crippen LogP contribution is 2.20. The Morgan fingerprint density at radius 2 is 1.53 bits per heavy atom. The van der Waals surface area contributed by atoms with E-state index in [0.717, 1.165) is 15.9 Å². The van der Waals surface area contributed by atoms with Crippen molar-refractivity contribution >= 4 is 39.1 Å². The lowest BCUT2D eigenvalue weighted by Crippen LogP contribution is -2.33. The van der Waals surface area contributed by atoms with Gasteiger partial charge in [0.2, 0.25) is 0 Å². The third-order valence-corrected chi connectivity index (χ3v) is 2.70. The molecule has 0 N–H and O–H groups in total. The number of hydrogen-bond acceptors (Lipinski definition) is 0. The summed E-state index contributed by atoms with van der Waals surface area (Å²) < 4.78 is 38.2. The van der Waals surface area contributed by atoms with Gasteiger partial charge in [-0.05, 0) is 22.9 Å². The maximum absolute atomic E-state index is 12.5. The molecule has 0 fully saturated rings. The summed E-state index contributed by atoms with van der Waals surface area (Å²) in [6, 6.07) is 9.07. The Morgan fingerprint density at radius 1 is 0.867 bits per heavy atom. The van der Waals surface area contributed by atoms with E-state index in [1.165, 1.54) is 12.1 Å². The number of benzene rings is 2. The number of hydrogen-bond donors (Lipinski definition) is 0. The zero-order chi connectivity index (χ0) is 11.1. The molecular formula is C10H6BBrF3-. The molecule has 0 saturated carbocycles. The average molecular weight is 274 g/mol. The van der Waals surface area contributed by atoms with Crippen LogP contribution in [0.2, 0.25) is 0 Å². The van der Waals surface area contributed by atoms with E-state index in [2.05, 4.69) is 15.9 Å². The van der Waals surface area contributed by atoms with Crippen LogP contribution >= 0.6 is 15.9 Å². The minimum atomic E-state index is -4.91. The van der Waals surface area contributed by atoms with Gasteiger partial charge in [-0.3, -0.25) is 0 Å². The van der Waals surface area contributed by atoms with E-state index in [-0.39, 0.29) is 0 Å². The van der Waals surface area contributed by atoms with Gasteiger partial charge in [-0.1, -0.05) is 40.2 Å². The molecule has 0 aromatic heterocycles. The van der Waals surface area contributed by atoms with Crippen LogP contribution < -0.4 is 5.46 Å². The third kappa shape index (κ3) is 2.17. The molecule has 0 saturated heterocycles. The van der Waals surface area contributed by atoms with Crippen LogP contribution in [0, 0.1) is 0 Å². The quantitative estimate of drug-likeness (QED) is 0.696. The summed E-state index contributed by atoms with van der Waals surface area (Å²) in [5, 5.41) is 1.41. The van der Waals surface area contributed by atoms with E-state index < -0.39 is 12.4 Å². The molecule has 15 heavy (non-hydrogen) atoms. The molecule has 0 nitrogen and oxygen atoms in total. The topological polar surface area (TPSA) is 0 Å². The van der Waals surface area contributed by atoms with Crippen LogP contribution in [0.25, 0.3) is 10.8 Å². The summed E-state index contributed by atoms with van der Waals surface area (Å²) in [7, 11) is 0. The van der Waals surface area contributed by atoms with Crippen LogP contribution in [0.4, 0.5) is 12.9 Å². The van der Waals surface area contributed by atoms with Crippen LogP contribution in [0.15, 0.2) is 40.9 Å². The predicted octanol–water partition coefficient (Wildman–Crippen LogP) is 3.66. The molecule has 0 bridgehead atoms. The van der Waals surface area contributed by atoms with Gasteiger partial charge in [-0.15, -0.1) is 5.46 Å². The van der Waals surface area contributed by atoms with E-state index in [1.54, 1.807) is 18.2 Å². The molecule has 0 radical (unpaired) electrons. The van der Waals surface area contributed by atoms with E-state index in [0.29, 0.717) is 5.39 Å². The van der Waals surface area contributed by atoms with Gasteiger partial charge in [-0.2, -0.15) is 0 Å². The molecule has 0 aliphatic carbocycles. The van der Waals surface area contributed by atoms with Crippen molar-refractivity contribution in [2.24, 2.45) is 0 Å². The second-order valence-electron chi connectivity index (χ2n) is 3.33. The van der Waals surface area contributed by atoms with Crippen molar-refractivity contribution in [2.75, 3.05) is 0 Å². The molecule has 0 aliphatic rings. The Bertz CT molecular complexity index is 507. The van der Waals surface area contributed by atoms with E-state index in [4.69, 9.17) is 0 Å². The van der Waals surface area contributed by atoms with Crippen LogP contribution in [0.5, 0.6) is 0 Å². The fraction of sp³-hybridized carbons (Fsp3) is 0. The zero-order valence-electron chi connectivity index (χ0n) is 7.55. The highest BCUT2D eigenvalue weighted by atomic mass is 79.9. The molecule has 2 aromatic rings. The molecule has 0 atom stereocenters. The van der Waals surface area contributed by atoms with Gasteiger partial charge in [0, 0.05) is 4.47 Å². The van der Waals surface area contributed by atoms with Crippen molar-refractivity contribution in [3.05, 3.63) is 40.9 Å². The number of rotatable bonds is 1. The molecule has 0 aliphatic heterocycles. The summed E-state index contributed by atoms with van der Waals surface area (Å²) in [6.45, 7) is -4.91. The van der Waals surface area contributed by atoms with Crippen LogP contribution in [0.1, 0.15) is 0 Å². The normalized spacial score (nSPS) is 12.0. The van der Waals surface area contributed by atoms with Gasteiger partial charge < -0.3 is 12.9 Å². The van der Waals surface area contributed by atoms with Crippen molar-refractivity contribution in [1.82, 2.24) is 0 Å². The van der Waals surface area contributed by atoms with Gasteiger partial charge in [-0.25, -0.2) is 0 Å². The number of fused-ring (bicyclic) bond motifs is 1. The van der Waals surface area contributed by atoms with Gasteiger partial charge in [0.1, 0.15) is 0 Å². The molecule has 5 heteroatoms. The molecule has 78 valence electrons. The van der Waals surface area contributed by atoms with E-state index in [1.807, 2.05) is 0 Å². The van der Waals surface area contributed by atoms with Crippen molar-refractivity contribution in [1.29, 1.82) is 0 Å². The Labute approximate surface area is 93.3 Å². The highest BCUT2D eigenvalue weighted by molar-refractivity contribution is 9.10. The SMILES string of the molecule is F[B-](F)(F)c1ccc2ccc(Br)cc2c1. The first-order valence-electron chi connectivity index (χ1n) is 4.36. The Kier molecular flexibility index (Phi) is 2.50. The summed E-state index contributed by atoms with van der Waals surface area (Å²) >= 11 is 3.23. The van der Waals surface area contributed by atoms with E-state index in [9.17, 15) is 12.9 Å². The average Bonchev–Trinajstić information content (AvgIpc) is 2.15. The largest absolute Gasteiger partial charge is 0.509 e. The zero-order valence-corrected chi connectivity index (χ0v) is 9.14. The summed E-state index contributed by atoms with van der Waals surface area (Å²) in [6.07, 6.45) is 0. The molecule has 0 amide bonds. The third-order valence-electron chi connectivity index (χ3n) is 2.20. The Hall–Kier alpha value is -0.965. The van der Waals surface area contributed by atoms with Crippen LogP contribution in [-0.4, -0.2) is 6.98 Å². The summed E-state index contributed by atoms with van der Waals surface area (Å²) in [5.74, 6) is 0. The van der Waals surface area contributed by atoms with Gasteiger partial charge in [0.25, 0.3) is 0 Å². The summed E-state index contributed by atoms with van der Waals surface area (Å²) in [5.41, 5.74) is -0.555. The van der Waals surface area contributed by atoms with Gasteiger partial charge >= 0.3 is 6.98 Å². The monoisotopic (exact) mass is 273 g/mol. The first-order chi connectivity index (χ1) is 6.97. The highest BCUT2D eigenvalue weighted by Gasteiger charge is 2.25. The molecular weight excluding hydrogens is 268 g/mol. The second kappa shape index (κ2) is 3.56. The van der Waals surface area contributed by atoms with Crippen molar-refractivity contribution in [2.45, 2.75) is 0 Å². The molecule has 0 unspecified atom stereocenters. The molecule has 0 heterocycles. The first kappa shape index (κ1) is 10.5. The minimum Gasteiger partial charge on any atom is -0.445 e. The Balaban J connectivity index is 2.64. The van der Waals surface area contributed by atoms with E-state index >= 15 is 0 Å². The maximum Gasteiger partial charge on any atom is 0.509 e. The van der Waals surface area contributed by atoms with Crippen molar-refractivity contribution in [3.63, 3.8) is 0 Å². The lowest BCUT2D eigenvalue weighted by Gasteiger charge is -2.15. The summed E-state index contributed by atoms with van der Waals surface area (Å²) in [4.78, 5) is 0. The maximum atomic E-state index is 12.5. The lowest BCUT2D eigenvalue weighted by atomic mass is 9.79. The van der Waals surface area contributed by atoms with Gasteiger partial charge in [0.05, 0.1) is 0 Å².